The molecule has 2 atom stereocenters. The lowest BCUT2D eigenvalue weighted by Crippen LogP contribution is -2.08. The molecular formula is C7H15BrO. The highest BCUT2D eigenvalue weighted by molar-refractivity contribution is 9.09. The predicted octanol–water partition coefficient (Wildman–Crippen LogP) is 2.44. The smallest absolute Gasteiger partial charge is 0.0465 e. The Morgan fingerprint density at radius 1 is 1.44 bits per heavy atom. The quantitative estimate of drug-likeness (QED) is 0.626. The highest BCUT2D eigenvalue weighted by Crippen LogP contribution is 2.14. The van der Waals surface area contributed by atoms with Gasteiger partial charge in [-0.15, -0.1) is 0 Å². The fraction of sp³-hybridized carbons (Fsp3) is 1.00. The molecule has 0 heterocycles. The fourth-order valence-corrected chi connectivity index (χ4v) is 0.798. The first-order chi connectivity index (χ1) is 4.18. The molecule has 0 spiro atoms. The third kappa shape index (κ3) is 4.91. The van der Waals surface area contributed by atoms with Crippen LogP contribution in [0.1, 0.15) is 20.3 Å². The number of hydrogen-bond donors (Lipinski definition) is 0. The molecule has 0 aliphatic carbocycles. The Hall–Kier alpha value is 0.440. The maximum atomic E-state index is 4.94. The first-order valence-electron chi connectivity index (χ1n) is 3.31. The zero-order valence-electron chi connectivity index (χ0n) is 6.36. The topological polar surface area (TPSA) is 9.23 Å². The molecule has 0 N–H and O–H groups in total. The van der Waals surface area contributed by atoms with E-state index in [2.05, 4.69) is 29.8 Å². The number of ether oxygens (including phenoxy) is 1. The summed E-state index contributed by atoms with van der Waals surface area (Å²) in [6.07, 6.45) is 1.14. The van der Waals surface area contributed by atoms with Gasteiger partial charge in [0.05, 0.1) is 0 Å². The summed E-state index contributed by atoms with van der Waals surface area (Å²) < 4.78 is 4.94. The summed E-state index contributed by atoms with van der Waals surface area (Å²) in [6.45, 7) is 5.26. The van der Waals surface area contributed by atoms with Crippen molar-refractivity contribution < 1.29 is 4.74 Å². The van der Waals surface area contributed by atoms with Crippen molar-refractivity contribution in [2.75, 3.05) is 13.7 Å². The normalized spacial score (nSPS) is 17.3. The van der Waals surface area contributed by atoms with E-state index < -0.39 is 0 Å². The van der Waals surface area contributed by atoms with E-state index >= 15 is 0 Å². The van der Waals surface area contributed by atoms with Crippen LogP contribution >= 0.6 is 15.9 Å². The zero-order valence-corrected chi connectivity index (χ0v) is 7.94. The fourth-order valence-electron chi connectivity index (χ4n) is 0.533. The van der Waals surface area contributed by atoms with Crippen molar-refractivity contribution in [1.29, 1.82) is 0 Å². The molecule has 0 aromatic carbocycles. The molecule has 0 radical (unpaired) electrons. The number of halogens is 1. The van der Waals surface area contributed by atoms with E-state index in [0.717, 1.165) is 13.0 Å². The van der Waals surface area contributed by atoms with Gasteiger partial charge in [-0.05, 0) is 12.3 Å². The second kappa shape index (κ2) is 5.24. The molecule has 2 unspecified atom stereocenters. The van der Waals surface area contributed by atoms with Crippen molar-refractivity contribution in [3.05, 3.63) is 0 Å². The van der Waals surface area contributed by atoms with Crippen molar-refractivity contribution >= 4 is 15.9 Å². The number of hydrogen-bond acceptors (Lipinski definition) is 1. The third-order valence-corrected chi connectivity index (χ3v) is 2.46. The molecule has 0 bridgehead atoms. The average molecular weight is 195 g/mol. The molecular weight excluding hydrogens is 180 g/mol. The van der Waals surface area contributed by atoms with Crippen molar-refractivity contribution in [2.24, 2.45) is 5.92 Å². The molecule has 9 heavy (non-hydrogen) atoms. The van der Waals surface area contributed by atoms with Crippen LogP contribution in [0.15, 0.2) is 0 Å². The minimum atomic E-state index is 0.604. The average Bonchev–Trinajstić information content (AvgIpc) is 1.82. The van der Waals surface area contributed by atoms with Crippen LogP contribution in [0.2, 0.25) is 0 Å². The van der Waals surface area contributed by atoms with Crippen LogP contribution in [0.4, 0.5) is 0 Å². The molecule has 0 saturated carbocycles. The predicted molar refractivity (Wildman–Crippen MR) is 44.0 cm³/mol. The van der Waals surface area contributed by atoms with Crippen LogP contribution in [0, 0.1) is 5.92 Å². The summed E-state index contributed by atoms with van der Waals surface area (Å²) >= 11 is 3.51. The van der Waals surface area contributed by atoms with Gasteiger partial charge in [0.15, 0.2) is 0 Å². The van der Waals surface area contributed by atoms with Crippen LogP contribution in [0.3, 0.4) is 0 Å². The minimum Gasteiger partial charge on any atom is -0.385 e. The highest BCUT2D eigenvalue weighted by Gasteiger charge is 2.06. The number of rotatable bonds is 4. The zero-order chi connectivity index (χ0) is 7.28. The molecule has 0 fully saturated rings. The lowest BCUT2D eigenvalue weighted by molar-refractivity contribution is 0.180. The Morgan fingerprint density at radius 3 is 2.33 bits per heavy atom. The van der Waals surface area contributed by atoms with E-state index in [4.69, 9.17) is 4.74 Å². The van der Waals surface area contributed by atoms with Gasteiger partial charge in [0, 0.05) is 18.5 Å². The summed E-state index contributed by atoms with van der Waals surface area (Å²) in [7, 11) is 1.74. The summed E-state index contributed by atoms with van der Waals surface area (Å²) in [5.41, 5.74) is 0. The molecule has 2 heteroatoms. The molecule has 0 saturated heterocycles. The van der Waals surface area contributed by atoms with E-state index in [-0.39, 0.29) is 0 Å². The molecule has 0 aliphatic heterocycles. The first kappa shape index (κ1) is 9.44. The highest BCUT2D eigenvalue weighted by atomic mass is 79.9. The first-order valence-corrected chi connectivity index (χ1v) is 4.23. The molecule has 0 rings (SSSR count). The van der Waals surface area contributed by atoms with E-state index in [0.29, 0.717) is 10.7 Å². The lowest BCUT2D eigenvalue weighted by Gasteiger charge is -2.12. The maximum Gasteiger partial charge on any atom is 0.0465 e. The Morgan fingerprint density at radius 2 is 2.00 bits per heavy atom. The Bertz CT molecular complexity index is 63.9. The summed E-state index contributed by atoms with van der Waals surface area (Å²) in [4.78, 5) is 0.604. The molecule has 1 nitrogen and oxygen atoms in total. The monoisotopic (exact) mass is 194 g/mol. The Labute approximate surface area is 65.9 Å². The van der Waals surface area contributed by atoms with Crippen molar-refractivity contribution in [3.8, 4) is 0 Å². The molecule has 0 amide bonds. The van der Waals surface area contributed by atoms with E-state index in [1.165, 1.54) is 0 Å². The third-order valence-electron chi connectivity index (χ3n) is 1.56. The van der Waals surface area contributed by atoms with Crippen molar-refractivity contribution in [2.45, 2.75) is 25.1 Å². The van der Waals surface area contributed by atoms with Crippen LogP contribution in [-0.4, -0.2) is 18.5 Å². The van der Waals surface area contributed by atoms with Gasteiger partial charge in [0.2, 0.25) is 0 Å². The second-order valence-electron chi connectivity index (χ2n) is 2.44. The number of methoxy groups -OCH3 is 1. The lowest BCUT2D eigenvalue weighted by atomic mass is 10.1. The van der Waals surface area contributed by atoms with Gasteiger partial charge >= 0.3 is 0 Å². The van der Waals surface area contributed by atoms with Gasteiger partial charge in [0.25, 0.3) is 0 Å². The SMILES string of the molecule is COCCC(C)C(C)Br. The van der Waals surface area contributed by atoms with Gasteiger partial charge in [0.1, 0.15) is 0 Å². The van der Waals surface area contributed by atoms with Gasteiger partial charge in [-0.2, -0.15) is 0 Å². The van der Waals surface area contributed by atoms with E-state index in [1.54, 1.807) is 7.11 Å². The van der Waals surface area contributed by atoms with Crippen LogP contribution < -0.4 is 0 Å². The minimum absolute atomic E-state index is 0.604. The number of alkyl halides is 1. The van der Waals surface area contributed by atoms with E-state index in [1.807, 2.05) is 0 Å². The van der Waals surface area contributed by atoms with Crippen molar-refractivity contribution in [1.82, 2.24) is 0 Å². The summed E-state index contributed by atoms with van der Waals surface area (Å²) in [5.74, 6) is 0.713. The largest absolute Gasteiger partial charge is 0.385 e. The maximum absolute atomic E-state index is 4.94. The van der Waals surface area contributed by atoms with Gasteiger partial charge in [-0.25, -0.2) is 0 Å². The van der Waals surface area contributed by atoms with Crippen LogP contribution in [0.25, 0.3) is 0 Å². The Balaban J connectivity index is 3.16. The molecule has 0 aromatic rings. The van der Waals surface area contributed by atoms with Gasteiger partial charge < -0.3 is 4.74 Å². The van der Waals surface area contributed by atoms with Gasteiger partial charge in [-0.1, -0.05) is 29.8 Å². The van der Waals surface area contributed by atoms with Crippen LogP contribution in [0.5, 0.6) is 0 Å². The standard InChI is InChI=1S/C7H15BrO/c1-6(7(2)8)4-5-9-3/h6-7H,4-5H2,1-3H3. The van der Waals surface area contributed by atoms with Crippen molar-refractivity contribution in [3.63, 3.8) is 0 Å². The van der Waals surface area contributed by atoms with E-state index in [9.17, 15) is 0 Å². The second-order valence-corrected chi connectivity index (χ2v) is 3.88. The Kier molecular flexibility index (Phi) is 5.50. The summed E-state index contributed by atoms with van der Waals surface area (Å²) in [5, 5.41) is 0. The molecule has 0 aliphatic rings. The molecule has 56 valence electrons. The summed E-state index contributed by atoms with van der Waals surface area (Å²) in [6, 6.07) is 0. The van der Waals surface area contributed by atoms with Gasteiger partial charge in [-0.3, -0.25) is 0 Å². The molecule has 0 aromatic heterocycles. The van der Waals surface area contributed by atoms with Crippen LogP contribution in [-0.2, 0) is 4.74 Å².